The van der Waals surface area contributed by atoms with Crippen LogP contribution in [0.4, 0.5) is 5.69 Å². The number of allylic oxidation sites excluding steroid dienone is 2. The smallest absolute Gasteiger partial charge is 0.229 e. The molecule has 0 saturated carbocycles. The van der Waals surface area contributed by atoms with Crippen molar-refractivity contribution in [3.63, 3.8) is 0 Å². The first-order chi connectivity index (χ1) is 14.4. The fourth-order valence-electron chi connectivity index (χ4n) is 4.25. The Morgan fingerprint density at radius 3 is 2.57 bits per heavy atom. The number of carbonyl (C=O) groups excluding carboxylic acids is 3. The Labute approximate surface area is 175 Å². The van der Waals surface area contributed by atoms with Gasteiger partial charge < -0.3 is 15.4 Å². The number of Topliss-reactive ketones (excluding diaryl/α,β-unsaturated/α-hetero) is 1. The minimum absolute atomic E-state index is 0.00139. The maximum Gasteiger partial charge on any atom is 0.229 e. The number of amides is 2. The molecule has 30 heavy (non-hydrogen) atoms. The third-order valence-corrected chi connectivity index (χ3v) is 5.74. The number of anilines is 1. The first-order valence-corrected chi connectivity index (χ1v) is 10.0. The van der Waals surface area contributed by atoms with E-state index in [9.17, 15) is 14.4 Å². The average Bonchev–Trinajstić information content (AvgIpc) is 2.72. The van der Waals surface area contributed by atoms with Crippen molar-refractivity contribution in [2.45, 2.75) is 25.7 Å². The molecule has 0 radical (unpaired) electrons. The topological polar surface area (TPSA) is 84.5 Å². The molecular weight excluding hydrogens is 380 g/mol. The second-order valence-electron chi connectivity index (χ2n) is 7.87. The Hall–Kier alpha value is -3.41. The molecular formula is C24H24N2O4. The van der Waals surface area contributed by atoms with E-state index in [1.807, 2.05) is 55.5 Å². The van der Waals surface area contributed by atoms with E-state index >= 15 is 0 Å². The second-order valence-corrected chi connectivity index (χ2v) is 7.87. The summed E-state index contributed by atoms with van der Waals surface area (Å²) in [6.07, 6.45) is 2.21. The Balaban J connectivity index is 1.59. The highest BCUT2D eigenvalue weighted by atomic mass is 16.5. The molecule has 2 aliphatic rings. The van der Waals surface area contributed by atoms with Gasteiger partial charge in [-0.3, -0.25) is 14.4 Å². The van der Waals surface area contributed by atoms with Crippen LogP contribution in [0.3, 0.4) is 0 Å². The molecule has 1 heterocycles. The van der Waals surface area contributed by atoms with Crippen molar-refractivity contribution in [2.75, 3.05) is 12.4 Å². The monoisotopic (exact) mass is 404 g/mol. The van der Waals surface area contributed by atoms with E-state index in [4.69, 9.17) is 4.74 Å². The number of rotatable bonds is 4. The zero-order valence-corrected chi connectivity index (χ0v) is 17.0. The summed E-state index contributed by atoms with van der Waals surface area (Å²) >= 11 is 0. The minimum Gasteiger partial charge on any atom is -0.497 e. The summed E-state index contributed by atoms with van der Waals surface area (Å²) in [5.41, 5.74) is 3.19. The van der Waals surface area contributed by atoms with Gasteiger partial charge in [0.25, 0.3) is 0 Å². The molecule has 2 aromatic carbocycles. The highest BCUT2D eigenvalue weighted by Crippen LogP contribution is 2.39. The van der Waals surface area contributed by atoms with Gasteiger partial charge in [0, 0.05) is 30.1 Å². The maximum absolute atomic E-state index is 13.1. The summed E-state index contributed by atoms with van der Waals surface area (Å²) in [5.74, 6) is -1.32. The van der Waals surface area contributed by atoms with Gasteiger partial charge in [0.05, 0.1) is 18.9 Å². The van der Waals surface area contributed by atoms with Gasteiger partial charge in [-0.05, 0) is 42.3 Å². The molecule has 4 rings (SSSR count). The highest BCUT2D eigenvalue weighted by Gasteiger charge is 2.44. The molecule has 2 amide bonds. The van der Waals surface area contributed by atoms with Crippen LogP contribution in [-0.2, 0) is 14.4 Å². The lowest BCUT2D eigenvalue weighted by atomic mass is 9.72. The maximum atomic E-state index is 13.1. The van der Waals surface area contributed by atoms with Crippen LogP contribution in [0.5, 0.6) is 5.75 Å². The summed E-state index contributed by atoms with van der Waals surface area (Å²) in [7, 11) is 1.60. The quantitative estimate of drug-likeness (QED) is 0.819. The molecule has 154 valence electrons. The highest BCUT2D eigenvalue weighted by molar-refractivity contribution is 6.02. The number of carbonyl (C=O) groups is 3. The van der Waals surface area contributed by atoms with Crippen molar-refractivity contribution in [1.29, 1.82) is 0 Å². The molecule has 6 heteroatoms. The van der Waals surface area contributed by atoms with Gasteiger partial charge in [0.2, 0.25) is 11.8 Å². The lowest BCUT2D eigenvalue weighted by molar-refractivity contribution is -0.136. The summed E-state index contributed by atoms with van der Waals surface area (Å²) in [6, 6.07) is 15.0. The number of methoxy groups -OCH3 is 1. The van der Waals surface area contributed by atoms with Crippen molar-refractivity contribution in [3.8, 4) is 5.75 Å². The number of hydrogen-bond acceptors (Lipinski definition) is 4. The third kappa shape index (κ3) is 3.99. The first-order valence-electron chi connectivity index (χ1n) is 10.0. The van der Waals surface area contributed by atoms with Crippen molar-refractivity contribution in [2.24, 2.45) is 11.8 Å². The molecule has 2 aromatic rings. The summed E-state index contributed by atoms with van der Waals surface area (Å²) in [6.45, 7) is 1.94. The molecule has 0 aromatic heterocycles. The van der Waals surface area contributed by atoms with Crippen molar-refractivity contribution >= 4 is 23.3 Å². The van der Waals surface area contributed by atoms with Crippen molar-refractivity contribution in [1.82, 2.24) is 5.32 Å². The molecule has 0 spiro atoms. The van der Waals surface area contributed by atoms with Gasteiger partial charge in [0.1, 0.15) is 11.5 Å². The summed E-state index contributed by atoms with van der Waals surface area (Å²) < 4.78 is 5.19. The van der Waals surface area contributed by atoms with E-state index in [-0.39, 0.29) is 29.9 Å². The van der Waals surface area contributed by atoms with Gasteiger partial charge in [-0.15, -0.1) is 0 Å². The lowest BCUT2D eigenvalue weighted by Gasteiger charge is -2.36. The third-order valence-electron chi connectivity index (χ3n) is 5.74. The van der Waals surface area contributed by atoms with Gasteiger partial charge in [-0.25, -0.2) is 0 Å². The Morgan fingerprint density at radius 2 is 1.87 bits per heavy atom. The normalized spacial score (nSPS) is 23.1. The number of piperidine rings is 1. The van der Waals surface area contributed by atoms with Crippen LogP contribution >= 0.6 is 0 Å². The van der Waals surface area contributed by atoms with Gasteiger partial charge in [0.15, 0.2) is 0 Å². The van der Waals surface area contributed by atoms with Crippen LogP contribution in [0.2, 0.25) is 0 Å². The predicted octanol–water partition coefficient (Wildman–Crippen LogP) is 3.33. The lowest BCUT2D eigenvalue weighted by Crippen LogP contribution is -2.48. The number of nitrogens with one attached hydrogen (secondary N) is 2. The van der Waals surface area contributed by atoms with E-state index in [0.29, 0.717) is 17.8 Å². The zero-order valence-electron chi connectivity index (χ0n) is 17.0. The van der Waals surface area contributed by atoms with E-state index in [0.717, 1.165) is 16.9 Å². The van der Waals surface area contributed by atoms with E-state index in [1.54, 1.807) is 13.2 Å². The van der Waals surface area contributed by atoms with Crippen LogP contribution in [0.1, 0.15) is 29.9 Å². The summed E-state index contributed by atoms with van der Waals surface area (Å²) in [4.78, 5) is 38.3. The number of fused-ring (bicyclic) bond motifs is 1. The number of ether oxygens (including phenoxy) is 1. The molecule has 6 nitrogen and oxygen atoms in total. The minimum atomic E-state index is -0.713. The molecule has 2 N–H and O–H groups in total. The standard InChI is InChI=1S/C24H24N2O4/c1-14-4-3-5-17(10-14)25-24(29)19-13-22(28)26-20-11-16(12-21(27)23(19)20)15-6-8-18(30-2)9-7-15/h3-11,16,19,23H,12-13H2,1-2H3,(H,25,29)(H,26,28)/t16-,19-,23+/m0/s1. The fourth-order valence-corrected chi connectivity index (χ4v) is 4.25. The van der Waals surface area contributed by atoms with E-state index in [2.05, 4.69) is 10.6 Å². The predicted molar refractivity (Wildman–Crippen MR) is 113 cm³/mol. The van der Waals surface area contributed by atoms with Crippen LogP contribution in [0, 0.1) is 18.8 Å². The Kier molecular flexibility index (Phi) is 5.40. The molecule has 1 aliphatic carbocycles. The number of benzene rings is 2. The van der Waals surface area contributed by atoms with E-state index in [1.165, 1.54) is 0 Å². The molecule has 1 fully saturated rings. The Bertz CT molecular complexity index is 1030. The van der Waals surface area contributed by atoms with Crippen LogP contribution < -0.4 is 15.4 Å². The van der Waals surface area contributed by atoms with Crippen molar-refractivity contribution in [3.05, 3.63) is 71.4 Å². The molecule has 0 bridgehead atoms. The zero-order chi connectivity index (χ0) is 21.3. The van der Waals surface area contributed by atoms with Crippen molar-refractivity contribution < 1.29 is 19.1 Å². The van der Waals surface area contributed by atoms with Gasteiger partial charge in [-0.1, -0.05) is 30.3 Å². The van der Waals surface area contributed by atoms with Gasteiger partial charge >= 0.3 is 0 Å². The SMILES string of the molecule is COc1ccc([C@H]2C=C3NC(=O)C[C@H](C(=O)Nc4cccc(C)c4)[C@H]3C(=O)C2)cc1. The van der Waals surface area contributed by atoms with E-state index < -0.39 is 11.8 Å². The second kappa shape index (κ2) is 8.14. The average molecular weight is 404 g/mol. The Morgan fingerprint density at radius 1 is 1.10 bits per heavy atom. The number of hydrogen-bond donors (Lipinski definition) is 2. The van der Waals surface area contributed by atoms with Crippen LogP contribution in [-0.4, -0.2) is 24.7 Å². The molecule has 3 atom stereocenters. The number of aryl methyl sites for hydroxylation is 1. The largest absolute Gasteiger partial charge is 0.497 e. The molecule has 1 saturated heterocycles. The van der Waals surface area contributed by atoms with Gasteiger partial charge in [-0.2, -0.15) is 0 Å². The fraction of sp³-hybridized carbons (Fsp3) is 0.292. The van der Waals surface area contributed by atoms with Crippen LogP contribution in [0.25, 0.3) is 0 Å². The number of ketones is 1. The summed E-state index contributed by atoms with van der Waals surface area (Å²) in [5, 5.41) is 5.70. The van der Waals surface area contributed by atoms with Crippen LogP contribution in [0.15, 0.2) is 60.3 Å². The molecule has 0 unspecified atom stereocenters. The first kappa shape index (κ1) is 19.9. The molecule has 1 aliphatic heterocycles.